The van der Waals surface area contributed by atoms with Crippen molar-refractivity contribution in [1.29, 1.82) is 0 Å². The molecule has 2 N–H and O–H groups in total. The molecule has 0 amide bonds. The van der Waals surface area contributed by atoms with Crippen molar-refractivity contribution in [2.45, 2.75) is 52.1 Å². The van der Waals surface area contributed by atoms with Crippen LogP contribution in [0.25, 0.3) is 22.5 Å². The first-order valence-corrected chi connectivity index (χ1v) is 12.3. The van der Waals surface area contributed by atoms with Gasteiger partial charge >= 0.3 is 0 Å². The molecule has 1 aliphatic rings. The van der Waals surface area contributed by atoms with Gasteiger partial charge in [0.15, 0.2) is 11.6 Å². The van der Waals surface area contributed by atoms with Crippen LogP contribution in [0.15, 0.2) is 48.5 Å². The molecule has 0 radical (unpaired) electrons. The summed E-state index contributed by atoms with van der Waals surface area (Å²) in [5.74, 6) is 1.64. The smallest absolute Gasteiger partial charge is 0.174 e. The number of aromatic nitrogens is 6. The Bertz CT molecular complexity index is 1250. The van der Waals surface area contributed by atoms with Crippen LogP contribution < -0.4 is 4.90 Å². The van der Waals surface area contributed by atoms with E-state index in [4.69, 9.17) is 9.97 Å². The molecular formula is C27H31N7O. The third-order valence-corrected chi connectivity index (χ3v) is 6.47. The summed E-state index contributed by atoms with van der Waals surface area (Å²) < 4.78 is 0. The minimum Gasteiger partial charge on any atom is -0.391 e. The fraction of sp³-hybridized carbons (Fsp3) is 0.370. The summed E-state index contributed by atoms with van der Waals surface area (Å²) in [6.07, 6.45) is 3.90. The topological polar surface area (TPSA) is 104 Å². The van der Waals surface area contributed by atoms with E-state index in [0.29, 0.717) is 13.0 Å². The van der Waals surface area contributed by atoms with Gasteiger partial charge in [0.05, 0.1) is 23.2 Å². The largest absolute Gasteiger partial charge is 0.391 e. The van der Waals surface area contributed by atoms with Crippen molar-refractivity contribution >= 4 is 5.82 Å². The molecule has 0 aliphatic carbocycles. The average molecular weight is 470 g/mol. The van der Waals surface area contributed by atoms with E-state index in [1.807, 2.05) is 0 Å². The zero-order valence-electron chi connectivity index (χ0n) is 20.3. The summed E-state index contributed by atoms with van der Waals surface area (Å²) >= 11 is 0. The molecular weight excluding hydrogens is 438 g/mol. The molecule has 1 aliphatic heterocycles. The van der Waals surface area contributed by atoms with Gasteiger partial charge in [-0.05, 0) is 26.7 Å². The quantitative estimate of drug-likeness (QED) is 0.375. The molecule has 35 heavy (non-hydrogen) atoms. The molecule has 1 atom stereocenters. The van der Waals surface area contributed by atoms with Crippen LogP contribution in [0.4, 0.5) is 5.82 Å². The SMILES string of the molecule is Cc1ccc(-c2nc3c(nc2-c2ccc(C)cc2)N(CCCCCc2nn[nH]n2)C[C@H](O)C3)cc1. The van der Waals surface area contributed by atoms with Crippen molar-refractivity contribution in [2.24, 2.45) is 0 Å². The first-order chi connectivity index (χ1) is 17.1. The first kappa shape index (κ1) is 23.1. The molecule has 8 nitrogen and oxygen atoms in total. The van der Waals surface area contributed by atoms with Crippen LogP contribution >= 0.6 is 0 Å². The number of rotatable bonds is 8. The summed E-state index contributed by atoms with van der Waals surface area (Å²) in [5, 5.41) is 24.8. The molecule has 2 aromatic heterocycles. The van der Waals surface area contributed by atoms with E-state index in [-0.39, 0.29) is 0 Å². The maximum atomic E-state index is 10.6. The maximum absolute atomic E-state index is 10.6. The van der Waals surface area contributed by atoms with Crippen molar-refractivity contribution in [1.82, 2.24) is 30.6 Å². The fourth-order valence-electron chi connectivity index (χ4n) is 4.55. The second-order valence-electron chi connectivity index (χ2n) is 9.37. The lowest BCUT2D eigenvalue weighted by atomic mass is 10.00. The molecule has 180 valence electrons. The second-order valence-corrected chi connectivity index (χ2v) is 9.37. The Hall–Kier alpha value is -3.65. The maximum Gasteiger partial charge on any atom is 0.174 e. The molecule has 4 aromatic rings. The van der Waals surface area contributed by atoms with Crippen LogP contribution in [0.5, 0.6) is 0 Å². The van der Waals surface area contributed by atoms with Crippen molar-refractivity contribution < 1.29 is 5.11 Å². The highest BCUT2D eigenvalue weighted by Gasteiger charge is 2.28. The molecule has 0 fully saturated rings. The van der Waals surface area contributed by atoms with Gasteiger partial charge in [0.2, 0.25) is 0 Å². The Labute approximate surface area is 205 Å². The monoisotopic (exact) mass is 469 g/mol. The number of hydrogen-bond acceptors (Lipinski definition) is 7. The molecule has 0 saturated carbocycles. The minimum absolute atomic E-state index is 0.452. The third-order valence-electron chi connectivity index (χ3n) is 6.47. The molecule has 0 unspecified atom stereocenters. The van der Waals surface area contributed by atoms with E-state index in [1.54, 1.807) is 0 Å². The summed E-state index contributed by atoms with van der Waals surface area (Å²) in [4.78, 5) is 12.5. The number of aliphatic hydroxyl groups excluding tert-OH is 1. The molecule has 0 saturated heterocycles. The summed E-state index contributed by atoms with van der Waals surface area (Å²) in [7, 11) is 0. The van der Waals surface area contributed by atoms with Crippen LogP contribution in [0.3, 0.4) is 0 Å². The number of tetrazole rings is 1. The molecule has 3 heterocycles. The van der Waals surface area contributed by atoms with Crippen LogP contribution in [0, 0.1) is 13.8 Å². The van der Waals surface area contributed by atoms with Gasteiger partial charge in [-0.1, -0.05) is 71.3 Å². The lowest BCUT2D eigenvalue weighted by Gasteiger charge is -2.33. The van der Waals surface area contributed by atoms with E-state index in [1.165, 1.54) is 11.1 Å². The standard InChI is InChI=1S/C27H31N7O/c1-18-7-11-20(12-8-18)25-26(21-13-9-19(2)10-14-21)29-27-23(28-25)16-22(35)17-34(27)15-5-3-4-6-24-30-32-33-31-24/h7-14,22,35H,3-6,15-17H2,1-2H3,(H,30,31,32,33)/t22-/m1/s1. The van der Waals surface area contributed by atoms with Gasteiger partial charge in [0.1, 0.15) is 0 Å². The van der Waals surface area contributed by atoms with E-state index in [9.17, 15) is 5.11 Å². The molecule has 0 bridgehead atoms. The van der Waals surface area contributed by atoms with Gasteiger partial charge in [-0.2, -0.15) is 5.21 Å². The van der Waals surface area contributed by atoms with Crippen LogP contribution in [0.2, 0.25) is 0 Å². The number of benzene rings is 2. The number of aliphatic hydroxyl groups is 1. The number of unbranched alkanes of at least 4 members (excludes halogenated alkanes) is 2. The number of nitrogens with one attached hydrogen (secondary N) is 1. The average Bonchev–Trinajstić information content (AvgIpc) is 3.38. The van der Waals surface area contributed by atoms with E-state index in [0.717, 1.165) is 72.1 Å². The summed E-state index contributed by atoms with van der Waals surface area (Å²) in [6, 6.07) is 16.9. The summed E-state index contributed by atoms with van der Waals surface area (Å²) in [5.41, 5.74) is 7.11. The Morgan fingerprint density at radius 1 is 0.886 bits per heavy atom. The lowest BCUT2D eigenvalue weighted by molar-refractivity contribution is 0.173. The Kier molecular flexibility index (Phi) is 6.81. The van der Waals surface area contributed by atoms with Crippen molar-refractivity contribution in [2.75, 3.05) is 18.0 Å². The molecule has 0 spiro atoms. The third kappa shape index (κ3) is 5.38. The molecule has 8 heteroatoms. The number of aryl methyl sites for hydroxylation is 3. The van der Waals surface area contributed by atoms with Gasteiger partial charge in [0, 0.05) is 37.1 Å². The second kappa shape index (κ2) is 10.3. The predicted octanol–water partition coefficient (Wildman–Crippen LogP) is 4.08. The van der Waals surface area contributed by atoms with Gasteiger partial charge in [-0.25, -0.2) is 9.97 Å². The molecule has 5 rings (SSSR count). The Morgan fingerprint density at radius 3 is 2.17 bits per heavy atom. The zero-order valence-corrected chi connectivity index (χ0v) is 20.3. The Morgan fingerprint density at radius 2 is 1.54 bits per heavy atom. The van der Waals surface area contributed by atoms with Crippen molar-refractivity contribution in [3.63, 3.8) is 0 Å². The van der Waals surface area contributed by atoms with Gasteiger partial charge in [-0.3, -0.25) is 0 Å². The van der Waals surface area contributed by atoms with Gasteiger partial charge < -0.3 is 10.0 Å². The number of β-amino-alcohol motifs (C(OH)–C–C–N with tert-alkyl or cyclic N) is 1. The minimum atomic E-state index is -0.452. The van der Waals surface area contributed by atoms with Crippen LogP contribution in [0.1, 0.15) is 41.9 Å². The number of anilines is 1. The number of nitrogens with zero attached hydrogens (tertiary/aromatic N) is 6. The highest BCUT2D eigenvalue weighted by Crippen LogP contribution is 2.35. The van der Waals surface area contributed by atoms with Crippen LogP contribution in [-0.2, 0) is 12.8 Å². The van der Waals surface area contributed by atoms with Crippen molar-refractivity contribution in [3.05, 3.63) is 71.2 Å². The normalized spacial score (nSPS) is 15.3. The lowest BCUT2D eigenvalue weighted by Crippen LogP contribution is -2.40. The number of aromatic amines is 1. The van der Waals surface area contributed by atoms with Gasteiger partial charge in [0.25, 0.3) is 0 Å². The molecule has 2 aromatic carbocycles. The Balaban J connectivity index is 1.43. The highest BCUT2D eigenvalue weighted by molar-refractivity contribution is 5.80. The van der Waals surface area contributed by atoms with Gasteiger partial charge in [-0.15, -0.1) is 10.2 Å². The van der Waals surface area contributed by atoms with Crippen LogP contribution in [-0.4, -0.2) is 54.9 Å². The number of hydrogen-bond donors (Lipinski definition) is 2. The zero-order chi connectivity index (χ0) is 24.2. The number of H-pyrrole nitrogens is 1. The number of fused-ring (bicyclic) bond motifs is 1. The van der Waals surface area contributed by atoms with E-state index in [2.05, 4.69) is 87.9 Å². The van der Waals surface area contributed by atoms with E-state index < -0.39 is 6.10 Å². The van der Waals surface area contributed by atoms with E-state index >= 15 is 0 Å². The predicted molar refractivity (Wildman–Crippen MR) is 136 cm³/mol. The highest BCUT2D eigenvalue weighted by atomic mass is 16.3. The fourth-order valence-corrected chi connectivity index (χ4v) is 4.55. The van der Waals surface area contributed by atoms with Crippen molar-refractivity contribution in [3.8, 4) is 22.5 Å². The summed E-state index contributed by atoms with van der Waals surface area (Å²) in [6.45, 7) is 5.57. The first-order valence-electron chi connectivity index (χ1n) is 12.3.